The number of nitrogens with one attached hydrogen (secondary N) is 1. The number of rotatable bonds is 7. The summed E-state index contributed by atoms with van der Waals surface area (Å²) in [6, 6.07) is 6.66. The number of ether oxygens (including phenoxy) is 2. The Morgan fingerprint density at radius 2 is 2.15 bits per heavy atom. The fraction of sp³-hybridized carbons (Fsp3) is 0.647. The predicted octanol–water partition coefficient (Wildman–Crippen LogP) is 3.48. The zero-order valence-corrected chi connectivity index (χ0v) is 12.9. The summed E-state index contributed by atoms with van der Waals surface area (Å²) in [6.07, 6.45) is 6.11. The SMILES string of the molecule is CCCCCOC1CCc2ccc(OC)cc2C1NC. The summed E-state index contributed by atoms with van der Waals surface area (Å²) in [6.45, 7) is 3.09. The van der Waals surface area contributed by atoms with Crippen LogP contribution in [-0.4, -0.2) is 26.9 Å². The van der Waals surface area contributed by atoms with E-state index in [1.165, 1.54) is 24.0 Å². The van der Waals surface area contributed by atoms with Crippen LogP contribution in [0, 0.1) is 0 Å². The molecule has 1 N–H and O–H groups in total. The molecule has 1 aromatic rings. The molecule has 0 bridgehead atoms. The molecule has 20 heavy (non-hydrogen) atoms. The molecule has 2 atom stereocenters. The van der Waals surface area contributed by atoms with E-state index in [0.29, 0.717) is 0 Å². The molecule has 1 aliphatic rings. The third-order valence-corrected chi connectivity index (χ3v) is 4.15. The first-order chi connectivity index (χ1) is 9.80. The van der Waals surface area contributed by atoms with Crippen LogP contribution in [0.25, 0.3) is 0 Å². The summed E-state index contributed by atoms with van der Waals surface area (Å²) >= 11 is 0. The zero-order chi connectivity index (χ0) is 14.4. The van der Waals surface area contributed by atoms with E-state index in [2.05, 4.69) is 24.4 Å². The molecule has 0 saturated heterocycles. The van der Waals surface area contributed by atoms with Crippen LogP contribution in [0.4, 0.5) is 0 Å². The molecule has 1 aliphatic carbocycles. The number of methoxy groups -OCH3 is 1. The number of aryl methyl sites for hydroxylation is 1. The van der Waals surface area contributed by atoms with Crippen molar-refractivity contribution in [3.8, 4) is 5.75 Å². The van der Waals surface area contributed by atoms with Gasteiger partial charge in [-0.25, -0.2) is 0 Å². The molecule has 2 unspecified atom stereocenters. The Kier molecular flexibility index (Phi) is 5.86. The molecule has 0 aliphatic heterocycles. The van der Waals surface area contributed by atoms with Gasteiger partial charge in [0.15, 0.2) is 0 Å². The van der Waals surface area contributed by atoms with Crippen molar-refractivity contribution in [2.45, 2.75) is 51.2 Å². The monoisotopic (exact) mass is 277 g/mol. The van der Waals surface area contributed by atoms with Crippen molar-refractivity contribution >= 4 is 0 Å². The third-order valence-electron chi connectivity index (χ3n) is 4.15. The van der Waals surface area contributed by atoms with Gasteiger partial charge in [0.2, 0.25) is 0 Å². The summed E-state index contributed by atoms with van der Waals surface area (Å²) in [7, 11) is 3.74. The second kappa shape index (κ2) is 7.65. The smallest absolute Gasteiger partial charge is 0.119 e. The summed E-state index contributed by atoms with van der Waals surface area (Å²) in [4.78, 5) is 0. The van der Waals surface area contributed by atoms with Crippen LogP contribution in [0.5, 0.6) is 5.75 Å². The van der Waals surface area contributed by atoms with Crippen LogP contribution in [0.15, 0.2) is 18.2 Å². The average molecular weight is 277 g/mol. The van der Waals surface area contributed by atoms with E-state index >= 15 is 0 Å². The fourth-order valence-electron chi connectivity index (χ4n) is 2.99. The molecule has 112 valence electrons. The minimum atomic E-state index is 0.274. The lowest BCUT2D eigenvalue weighted by molar-refractivity contribution is 0.0155. The van der Waals surface area contributed by atoms with Gasteiger partial charge in [-0.2, -0.15) is 0 Å². The molecule has 0 saturated carbocycles. The minimum absolute atomic E-state index is 0.274. The first kappa shape index (κ1) is 15.3. The van der Waals surface area contributed by atoms with Crippen molar-refractivity contribution in [2.75, 3.05) is 20.8 Å². The van der Waals surface area contributed by atoms with Gasteiger partial charge in [0.25, 0.3) is 0 Å². The largest absolute Gasteiger partial charge is 0.497 e. The number of likely N-dealkylation sites (N-methyl/N-ethyl adjacent to an activating group) is 1. The molecule has 0 aromatic heterocycles. The van der Waals surface area contributed by atoms with Gasteiger partial charge in [0, 0.05) is 6.61 Å². The van der Waals surface area contributed by atoms with Gasteiger partial charge < -0.3 is 14.8 Å². The maximum absolute atomic E-state index is 6.12. The standard InChI is InChI=1S/C17H27NO2/c1-4-5-6-11-20-16-10-8-13-7-9-14(19-3)12-15(13)17(16)18-2/h7,9,12,16-18H,4-6,8,10-11H2,1-3H3. The van der Waals surface area contributed by atoms with Crippen molar-refractivity contribution in [3.63, 3.8) is 0 Å². The van der Waals surface area contributed by atoms with E-state index in [-0.39, 0.29) is 12.1 Å². The van der Waals surface area contributed by atoms with E-state index in [0.717, 1.165) is 31.6 Å². The van der Waals surface area contributed by atoms with Crippen molar-refractivity contribution in [1.29, 1.82) is 0 Å². The van der Waals surface area contributed by atoms with E-state index < -0.39 is 0 Å². The maximum Gasteiger partial charge on any atom is 0.119 e. The Labute approximate surface area is 122 Å². The summed E-state index contributed by atoms with van der Waals surface area (Å²) < 4.78 is 11.5. The summed E-state index contributed by atoms with van der Waals surface area (Å²) in [5.41, 5.74) is 2.75. The Bertz CT molecular complexity index is 419. The zero-order valence-electron chi connectivity index (χ0n) is 12.9. The van der Waals surface area contributed by atoms with Gasteiger partial charge in [-0.15, -0.1) is 0 Å². The normalized spacial score (nSPS) is 21.6. The Morgan fingerprint density at radius 1 is 1.30 bits per heavy atom. The van der Waals surface area contributed by atoms with Crippen molar-refractivity contribution in [3.05, 3.63) is 29.3 Å². The molecular weight excluding hydrogens is 250 g/mol. The van der Waals surface area contributed by atoms with Crippen LogP contribution in [0.1, 0.15) is 49.8 Å². The van der Waals surface area contributed by atoms with Gasteiger partial charge >= 0.3 is 0 Å². The molecule has 2 rings (SSSR count). The van der Waals surface area contributed by atoms with Crippen molar-refractivity contribution < 1.29 is 9.47 Å². The average Bonchev–Trinajstić information content (AvgIpc) is 2.50. The molecule has 3 heteroatoms. The Balaban J connectivity index is 2.06. The van der Waals surface area contributed by atoms with E-state index in [1.54, 1.807) is 7.11 Å². The Hall–Kier alpha value is -1.06. The molecule has 0 fully saturated rings. The second-order valence-corrected chi connectivity index (χ2v) is 5.49. The van der Waals surface area contributed by atoms with E-state index in [9.17, 15) is 0 Å². The van der Waals surface area contributed by atoms with Crippen LogP contribution in [-0.2, 0) is 11.2 Å². The molecular formula is C17H27NO2. The van der Waals surface area contributed by atoms with E-state index in [1.807, 2.05) is 13.1 Å². The molecule has 1 aromatic carbocycles. The van der Waals surface area contributed by atoms with Crippen LogP contribution in [0.2, 0.25) is 0 Å². The first-order valence-electron chi connectivity index (χ1n) is 7.75. The number of benzene rings is 1. The van der Waals surface area contributed by atoms with Gasteiger partial charge in [-0.1, -0.05) is 25.8 Å². The topological polar surface area (TPSA) is 30.5 Å². The minimum Gasteiger partial charge on any atom is -0.497 e. The lowest BCUT2D eigenvalue weighted by Crippen LogP contribution is -2.36. The van der Waals surface area contributed by atoms with Crippen LogP contribution >= 0.6 is 0 Å². The summed E-state index contributed by atoms with van der Waals surface area (Å²) in [5.74, 6) is 0.927. The van der Waals surface area contributed by atoms with Gasteiger partial charge in [0.1, 0.15) is 5.75 Å². The predicted molar refractivity (Wildman–Crippen MR) is 82.4 cm³/mol. The first-order valence-corrected chi connectivity index (χ1v) is 7.75. The van der Waals surface area contributed by atoms with Gasteiger partial charge in [-0.05, 0) is 49.6 Å². The van der Waals surface area contributed by atoms with Gasteiger partial charge in [0.05, 0.1) is 19.3 Å². The number of fused-ring (bicyclic) bond motifs is 1. The molecule has 0 radical (unpaired) electrons. The van der Waals surface area contributed by atoms with Gasteiger partial charge in [-0.3, -0.25) is 0 Å². The fourth-order valence-corrected chi connectivity index (χ4v) is 2.99. The highest BCUT2D eigenvalue weighted by molar-refractivity contribution is 5.40. The van der Waals surface area contributed by atoms with E-state index in [4.69, 9.17) is 9.47 Å². The maximum atomic E-state index is 6.12. The molecule has 0 spiro atoms. The molecule has 3 nitrogen and oxygen atoms in total. The summed E-state index contributed by atoms with van der Waals surface area (Å²) in [5, 5.41) is 3.42. The molecule has 0 amide bonds. The number of hydrogen-bond acceptors (Lipinski definition) is 3. The quantitative estimate of drug-likeness (QED) is 0.774. The highest BCUT2D eigenvalue weighted by atomic mass is 16.5. The third kappa shape index (κ3) is 3.53. The Morgan fingerprint density at radius 3 is 2.85 bits per heavy atom. The van der Waals surface area contributed by atoms with Crippen LogP contribution < -0.4 is 10.1 Å². The lowest BCUT2D eigenvalue weighted by Gasteiger charge is -2.33. The van der Waals surface area contributed by atoms with Crippen molar-refractivity contribution in [2.24, 2.45) is 0 Å². The highest BCUT2D eigenvalue weighted by Gasteiger charge is 2.29. The number of unbranched alkanes of at least 4 members (excludes halogenated alkanes) is 2. The lowest BCUT2D eigenvalue weighted by atomic mass is 9.85. The van der Waals surface area contributed by atoms with Crippen LogP contribution in [0.3, 0.4) is 0 Å². The highest BCUT2D eigenvalue weighted by Crippen LogP contribution is 2.34. The second-order valence-electron chi connectivity index (χ2n) is 5.49. The number of hydrogen-bond donors (Lipinski definition) is 1. The molecule has 0 heterocycles. The van der Waals surface area contributed by atoms with Crippen molar-refractivity contribution in [1.82, 2.24) is 5.32 Å².